The van der Waals surface area contributed by atoms with Gasteiger partial charge in [0.1, 0.15) is 0 Å². The maximum atomic E-state index is 12.8. The van der Waals surface area contributed by atoms with E-state index in [9.17, 15) is 8.42 Å². The summed E-state index contributed by atoms with van der Waals surface area (Å²) < 4.78 is 28.4. The molecule has 1 aliphatic carbocycles. The average molecular weight is 369 g/mol. The normalized spacial score (nSPS) is 17.6. The fraction of sp³-hybridized carbons (Fsp3) is 0.400. The van der Waals surface area contributed by atoms with E-state index in [1.807, 2.05) is 19.1 Å². The zero-order chi connectivity index (χ0) is 15.1. The Kier molecular flexibility index (Phi) is 3.80. The number of benzene rings is 1. The number of halogens is 1. The molecule has 0 saturated heterocycles. The first-order valence-electron chi connectivity index (χ1n) is 6.92. The monoisotopic (exact) mass is 368 g/mol. The van der Waals surface area contributed by atoms with Crippen molar-refractivity contribution < 1.29 is 8.42 Å². The van der Waals surface area contributed by atoms with Gasteiger partial charge in [-0.25, -0.2) is 13.1 Å². The van der Waals surface area contributed by atoms with E-state index in [1.54, 1.807) is 18.3 Å². The lowest BCUT2D eigenvalue weighted by atomic mass is 9.80. The lowest BCUT2D eigenvalue weighted by molar-refractivity contribution is 0.256. The first kappa shape index (κ1) is 14.9. The largest absolute Gasteiger partial charge is 0.256 e. The molecule has 1 fully saturated rings. The number of alkyl halides is 1. The highest BCUT2D eigenvalue weighted by molar-refractivity contribution is 9.09. The summed E-state index contributed by atoms with van der Waals surface area (Å²) in [6.45, 7) is 1.94. The van der Waals surface area contributed by atoms with E-state index in [0.29, 0.717) is 15.6 Å². The predicted octanol–water partition coefficient (Wildman–Crippen LogP) is 3.14. The number of sulfonamides is 1. The van der Waals surface area contributed by atoms with Crippen molar-refractivity contribution in [3.8, 4) is 0 Å². The van der Waals surface area contributed by atoms with Crippen LogP contribution in [0, 0.1) is 6.92 Å². The standard InChI is InChI=1S/C15H17BrN2O2S/c1-11-5-6-13(12-4-2-9-17-14(11)12)21(19,20)18-15(10-16)7-3-8-15/h2,4-6,9,18H,3,7-8,10H2,1H3. The summed E-state index contributed by atoms with van der Waals surface area (Å²) in [5, 5.41) is 1.32. The Labute approximate surface area is 133 Å². The Morgan fingerprint density at radius 1 is 1.33 bits per heavy atom. The maximum absolute atomic E-state index is 12.8. The summed E-state index contributed by atoms with van der Waals surface area (Å²) in [6, 6.07) is 7.06. The van der Waals surface area contributed by atoms with Crippen LogP contribution in [0.25, 0.3) is 10.9 Å². The minimum absolute atomic E-state index is 0.309. The molecule has 21 heavy (non-hydrogen) atoms. The van der Waals surface area contributed by atoms with Gasteiger partial charge in [-0.3, -0.25) is 4.98 Å². The van der Waals surface area contributed by atoms with Gasteiger partial charge < -0.3 is 0 Å². The topological polar surface area (TPSA) is 59.1 Å². The van der Waals surface area contributed by atoms with Crippen LogP contribution in [0.5, 0.6) is 0 Å². The highest BCUT2D eigenvalue weighted by atomic mass is 79.9. The SMILES string of the molecule is Cc1ccc(S(=O)(=O)NC2(CBr)CCC2)c2cccnc12. The number of fused-ring (bicyclic) bond motifs is 1. The summed E-state index contributed by atoms with van der Waals surface area (Å²) in [5.41, 5.74) is 1.38. The van der Waals surface area contributed by atoms with Gasteiger partial charge in [0.05, 0.1) is 10.4 Å². The van der Waals surface area contributed by atoms with E-state index >= 15 is 0 Å². The number of rotatable bonds is 4. The number of hydrogen-bond acceptors (Lipinski definition) is 3. The Morgan fingerprint density at radius 3 is 2.71 bits per heavy atom. The van der Waals surface area contributed by atoms with E-state index in [0.717, 1.165) is 30.3 Å². The summed E-state index contributed by atoms with van der Waals surface area (Å²) in [5.74, 6) is 0. The van der Waals surface area contributed by atoms with Crippen LogP contribution in [-0.2, 0) is 10.0 Å². The second-order valence-electron chi connectivity index (χ2n) is 5.65. The molecule has 1 aromatic heterocycles. The van der Waals surface area contributed by atoms with Crippen molar-refractivity contribution in [2.24, 2.45) is 0 Å². The first-order chi connectivity index (χ1) is 9.97. The molecular weight excluding hydrogens is 352 g/mol. The van der Waals surface area contributed by atoms with Crippen molar-refractivity contribution in [2.75, 3.05) is 5.33 Å². The molecule has 0 radical (unpaired) electrons. The highest BCUT2D eigenvalue weighted by Crippen LogP contribution is 2.35. The maximum Gasteiger partial charge on any atom is 0.241 e. The van der Waals surface area contributed by atoms with Crippen LogP contribution in [0.4, 0.5) is 0 Å². The molecule has 2 aromatic rings. The Bertz CT molecular complexity index is 780. The van der Waals surface area contributed by atoms with E-state index < -0.39 is 10.0 Å². The summed E-state index contributed by atoms with van der Waals surface area (Å²) in [7, 11) is -3.55. The van der Waals surface area contributed by atoms with E-state index in [2.05, 4.69) is 25.6 Å². The van der Waals surface area contributed by atoms with Crippen LogP contribution < -0.4 is 4.72 Å². The van der Waals surface area contributed by atoms with Gasteiger partial charge in [-0.2, -0.15) is 0 Å². The molecule has 0 spiro atoms. The fourth-order valence-electron chi connectivity index (χ4n) is 2.73. The molecule has 6 heteroatoms. The van der Waals surface area contributed by atoms with Crippen LogP contribution in [0.3, 0.4) is 0 Å². The summed E-state index contributed by atoms with van der Waals surface area (Å²) in [4.78, 5) is 4.61. The molecule has 0 bridgehead atoms. The molecule has 4 nitrogen and oxygen atoms in total. The van der Waals surface area contributed by atoms with E-state index in [4.69, 9.17) is 0 Å². The van der Waals surface area contributed by atoms with E-state index in [1.165, 1.54) is 0 Å². The number of aromatic nitrogens is 1. The van der Waals surface area contributed by atoms with E-state index in [-0.39, 0.29) is 5.54 Å². The van der Waals surface area contributed by atoms with Gasteiger partial charge in [0.25, 0.3) is 0 Å². The summed E-state index contributed by atoms with van der Waals surface area (Å²) in [6.07, 6.45) is 4.49. The fourth-order valence-corrected chi connectivity index (χ4v) is 5.27. The zero-order valence-electron chi connectivity index (χ0n) is 11.8. The molecule has 0 amide bonds. The van der Waals surface area contributed by atoms with Gasteiger partial charge in [0, 0.05) is 22.5 Å². The van der Waals surface area contributed by atoms with Crippen LogP contribution in [0.1, 0.15) is 24.8 Å². The molecule has 0 aliphatic heterocycles. The van der Waals surface area contributed by atoms with Crippen molar-refractivity contribution in [1.29, 1.82) is 0 Å². The molecular formula is C15H17BrN2O2S. The number of pyridine rings is 1. The van der Waals surface area contributed by atoms with Crippen LogP contribution >= 0.6 is 15.9 Å². The Morgan fingerprint density at radius 2 is 2.10 bits per heavy atom. The average Bonchev–Trinajstić information content (AvgIpc) is 2.43. The molecule has 0 atom stereocenters. The van der Waals surface area contributed by atoms with Crippen LogP contribution in [-0.4, -0.2) is 24.3 Å². The molecule has 112 valence electrons. The number of nitrogens with zero attached hydrogens (tertiary/aromatic N) is 1. The molecule has 1 N–H and O–H groups in total. The lowest BCUT2D eigenvalue weighted by Crippen LogP contribution is -2.54. The van der Waals surface area contributed by atoms with Gasteiger partial charge in [0.2, 0.25) is 10.0 Å². The molecule has 1 aromatic carbocycles. The van der Waals surface area contributed by atoms with Crippen molar-refractivity contribution in [2.45, 2.75) is 36.6 Å². The molecule has 1 saturated carbocycles. The third kappa shape index (κ3) is 2.60. The second kappa shape index (κ2) is 5.34. The third-order valence-electron chi connectivity index (χ3n) is 4.14. The molecule has 3 rings (SSSR count). The van der Waals surface area contributed by atoms with Crippen LogP contribution in [0.15, 0.2) is 35.4 Å². The minimum atomic E-state index is -3.55. The quantitative estimate of drug-likeness (QED) is 0.843. The molecule has 1 heterocycles. The number of hydrogen-bond donors (Lipinski definition) is 1. The van der Waals surface area contributed by atoms with Crippen molar-refractivity contribution in [3.63, 3.8) is 0 Å². The minimum Gasteiger partial charge on any atom is -0.256 e. The van der Waals surface area contributed by atoms with Crippen LogP contribution in [0.2, 0.25) is 0 Å². The number of nitrogens with one attached hydrogen (secondary N) is 1. The van der Waals surface area contributed by atoms with Crippen molar-refractivity contribution in [1.82, 2.24) is 9.71 Å². The third-order valence-corrected chi connectivity index (χ3v) is 6.85. The second-order valence-corrected chi connectivity index (χ2v) is 7.86. The van der Waals surface area contributed by atoms with Gasteiger partial charge in [0.15, 0.2) is 0 Å². The van der Waals surface area contributed by atoms with Crippen molar-refractivity contribution in [3.05, 3.63) is 36.0 Å². The van der Waals surface area contributed by atoms with Crippen molar-refractivity contribution >= 4 is 36.9 Å². The summed E-state index contributed by atoms with van der Waals surface area (Å²) >= 11 is 3.43. The van der Waals surface area contributed by atoms with Gasteiger partial charge >= 0.3 is 0 Å². The first-order valence-corrected chi connectivity index (χ1v) is 9.52. The number of aryl methyl sites for hydroxylation is 1. The van der Waals surface area contributed by atoms with Gasteiger partial charge in [-0.15, -0.1) is 0 Å². The zero-order valence-corrected chi connectivity index (χ0v) is 14.2. The molecule has 0 unspecified atom stereocenters. The van der Waals surface area contributed by atoms with Gasteiger partial charge in [-0.05, 0) is 49.9 Å². The van der Waals surface area contributed by atoms with Gasteiger partial charge in [-0.1, -0.05) is 22.0 Å². The molecule has 1 aliphatic rings. The highest BCUT2D eigenvalue weighted by Gasteiger charge is 2.40. The predicted molar refractivity (Wildman–Crippen MR) is 87.2 cm³/mol. The lowest BCUT2D eigenvalue weighted by Gasteiger charge is -2.40. The smallest absolute Gasteiger partial charge is 0.241 e. The Balaban J connectivity index is 2.09. The Hall–Kier alpha value is -0.980.